The van der Waals surface area contributed by atoms with Crippen LogP contribution in [0.4, 0.5) is 0 Å². The lowest BCUT2D eigenvalue weighted by Gasteiger charge is -2.13. The summed E-state index contributed by atoms with van der Waals surface area (Å²) in [5.74, 6) is 0.672. The fraction of sp³-hybridized carbons (Fsp3) is 0. The summed E-state index contributed by atoms with van der Waals surface area (Å²) in [7, 11) is 0. The molecule has 0 aliphatic carbocycles. The molecule has 0 fully saturated rings. The summed E-state index contributed by atoms with van der Waals surface area (Å²) in [5.41, 5.74) is 13.2. The normalized spacial score (nSPS) is 11.8. The van der Waals surface area contributed by atoms with Crippen LogP contribution in [-0.2, 0) is 0 Å². The van der Waals surface area contributed by atoms with Gasteiger partial charge in [0.2, 0.25) is 5.78 Å². The van der Waals surface area contributed by atoms with Crippen molar-refractivity contribution >= 4 is 49.4 Å². The number of hydrogen-bond donors (Lipinski definition) is 0. The molecule has 0 saturated heterocycles. The molecule has 0 atom stereocenters. The molecule has 0 spiro atoms. The van der Waals surface area contributed by atoms with E-state index in [2.05, 4.69) is 184 Å². The van der Waals surface area contributed by atoms with Crippen molar-refractivity contribution in [3.05, 3.63) is 188 Å². The molecule has 11 aromatic rings. The molecule has 0 aliphatic rings. The minimum atomic E-state index is 0.672. The number of benzene rings is 7. The van der Waals surface area contributed by atoms with E-state index < -0.39 is 0 Å². The zero-order chi connectivity index (χ0) is 34.9. The van der Waals surface area contributed by atoms with Gasteiger partial charge in [-0.15, -0.1) is 0 Å². The quantitative estimate of drug-likeness (QED) is 0.182. The Bertz CT molecular complexity index is 3140. The molecule has 11 rings (SSSR count). The van der Waals surface area contributed by atoms with E-state index in [4.69, 9.17) is 9.97 Å². The number of imidazole rings is 1. The second kappa shape index (κ2) is 11.7. The maximum absolute atomic E-state index is 5.02. The van der Waals surface area contributed by atoms with E-state index in [9.17, 15) is 0 Å². The van der Waals surface area contributed by atoms with Gasteiger partial charge in [-0.3, -0.25) is 4.40 Å². The van der Waals surface area contributed by atoms with Crippen molar-refractivity contribution in [2.45, 2.75) is 0 Å². The second-order valence-corrected chi connectivity index (χ2v) is 13.5. The van der Waals surface area contributed by atoms with Crippen LogP contribution in [0.1, 0.15) is 0 Å². The summed E-state index contributed by atoms with van der Waals surface area (Å²) < 4.78 is 7.00. The average Bonchev–Trinajstić information content (AvgIpc) is 3.90. The summed E-state index contributed by atoms with van der Waals surface area (Å²) in [6, 6.07) is 62.5. The van der Waals surface area contributed by atoms with Gasteiger partial charge in [-0.05, 0) is 42.0 Å². The van der Waals surface area contributed by atoms with Crippen molar-refractivity contribution in [2.24, 2.45) is 0 Å². The molecule has 4 aromatic heterocycles. The molecule has 0 unspecified atom stereocenters. The first-order chi connectivity index (χ1) is 26.3. The fourth-order valence-corrected chi connectivity index (χ4v) is 8.17. The fourth-order valence-electron chi connectivity index (χ4n) is 8.17. The molecule has 7 aromatic carbocycles. The Kier molecular flexibility index (Phi) is 6.48. The molecule has 0 saturated carbocycles. The van der Waals surface area contributed by atoms with Gasteiger partial charge in [-0.2, -0.15) is 0 Å². The van der Waals surface area contributed by atoms with E-state index >= 15 is 0 Å². The van der Waals surface area contributed by atoms with Gasteiger partial charge in [0.15, 0.2) is 0 Å². The van der Waals surface area contributed by atoms with Gasteiger partial charge >= 0.3 is 0 Å². The Balaban J connectivity index is 1.12. The van der Waals surface area contributed by atoms with Crippen molar-refractivity contribution in [2.75, 3.05) is 0 Å². The van der Waals surface area contributed by atoms with Gasteiger partial charge in [0.25, 0.3) is 0 Å². The Morgan fingerprint density at radius 1 is 0.377 bits per heavy atom. The standard InChI is InChI=1S/C48H31N5/c1-4-14-33(15-5-1)44-45(34-16-6-2-7-17-34)51-31-35(30-49-48(51)50-44)32-24-26-37(27-25-32)53-43-23-13-11-21-39(43)41-29-28-40-38-20-10-12-22-42(38)52(46(40)47(41)53)36-18-8-3-9-19-36/h1-31H. The maximum Gasteiger partial charge on any atom is 0.234 e. The highest BCUT2D eigenvalue weighted by Crippen LogP contribution is 2.42. The summed E-state index contributed by atoms with van der Waals surface area (Å²) >= 11 is 0. The minimum Gasteiger partial charge on any atom is -0.307 e. The molecule has 0 amide bonds. The third-order valence-electron chi connectivity index (χ3n) is 10.5. The predicted molar refractivity (Wildman–Crippen MR) is 218 cm³/mol. The van der Waals surface area contributed by atoms with Crippen LogP contribution in [0.25, 0.3) is 94.4 Å². The van der Waals surface area contributed by atoms with Crippen molar-refractivity contribution in [3.63, 3.8) is 0 Å². The van der Waals surface area contributed by atoms with Gasteiger partial charge in [-0.1, -0.05) is 140 Å². The molecule has 4 heterocycles. The minimum absolute atomic E-state index is 0.672. The van der Waals surface area contributed by atoms with Crippen LogP contribution in [0.15, 0.2) is 188 Å². The lowest BCUT2D eigenvalue weighted by Crippen LogP contribution is -1.98. The van der Waals surface area contributed by atoms with Gasteiger partial charge in [0.05, 0.1) is 33.5 Å². The van der Waals surface area contributed by atoms with Crippen LogP contribution in [0.5, 0.6) is 0 Å². The van der Waals surface area contributed by atoms with Gasteiger partial charge < -0.3 is 9.13 Å². The Hall–Kier alpha value is -7.24. The lowest BCUT2D eigenvalue weighted by molar-refractivity contribution is 1.11. The zero-order valence-corrected chi connectivity index (χ0v) is 28.6. The van der Waals surface area contributed by atoms with E-state index in [0.717, 1.165) is 45.0 Å². The lowest BCUT2D eigenvalue weighted by atomic mass is 10.0. The van der Waals surface area contributed by atoms with Crippen LogP contribution in [-0.4, -0.2) is 23.5 Å². The van der Waals surface area contributed by atoms with Crippen LogP contribution in [0.2, 0.25) is 0 Å². The smallest absolute Gasteiger partial charge is 0.234 e. The predicted octanol–water partition coefficient (Wildman–Crippen LogP) is 11.9. The second-order valence-electron chi connectivity index (χ2n) is 13.5. The summed E-state index contributed by atoms with van der Waals surface area (Å²) in [4.78, 5) is 9.90. The molecule has 5 nitrogen and oxygen atoms in total. The van der Waals surface area contributed by atoms with Crippen LogP contribution in [0, 0.1) is 0 Å². The molecule has 248 valence electrons. The van der Waals surface area contributed by atoms with E-state index in [-0.39, 0.29) is 0 Å². The SMILES string of the molecule is c1ccc(-c2nc3ncc(-c4ccc(-n5c6ccccc6c6ccc7c8ccccc8n(-c8ccccc8)c7c65)cc4)cn3c2-c2ccccc2)cc1. The molecule has 5 heteroatoms. The monoisotopic (exact) mass is 677 g/mol. The first-order valence-corrected chi connectivity index (χ1v) is 17.9. The van der Waals surface area contributed by atoms with E-state index in [1.165, 1.54) is 43.6 Å². The number of nitrogens with zero attached hydrogens (tertiary/aromatic N) is 5. The van der Waals surface area contributed by atoms with Crippen molar-refractivity contribution in [1.29, 1.82) is 0 Å². The first kappa shape index (κ1) is 29.5. The summed E-state index contributed by atoms with van der Waals surface area (Å²) in [6.45, 7) is 0. The van der Waals surface area contributed by atoms with E-state index in [1.54, 1.807) is 0 Å². The molecular weight excluding hydrogens is 647 g/mol. The van der Waals surface area contributed by atoms with Crippen LogP contribution in [0.3, 0.4) is 0 Å². The molecular formula is C48H31N5. The Labute approximate surface area is 305 Å². The number of aromatic nitrogens is 5. The highest BCUT2D eigenvalue weighted by molar-refractivity contribution is 6.23. The zero-order valence-electron chi connectivity index (χ0n) is 28.6. The molecule has 53 heavy (non-hydrogen) atoms. The van der Waals surface area contributed by atoms with E-state index in [1.807, 2.05) is 18.3 Å². The summed E-state index contributed by atoms with van der Waals surface area (Å²) in [5, 5.41) is 4.94. The largest absolute Gasteiger partial charge is 0.307 e. The number of para-hydroxylation sites is 3. The number of hydrogen-bond acceptors (Lipinski definition) is 2. The molecule has 0 bridgehead atoms. The van der Waals surface area contributed by atoms with Gasteiger partial charge in [-0.25, -0.2) is 9.97 Å². The molecule has 0 N–H and O–H groups in total. The third kappa shape index (κ3) is 4.51. The van der Waals surface area contributed by atoms with Crippen LogP contribution < -0.4 is 0 Å². The number of fused-ring (bicyclic) bond motifs is 8. The Morgan fingerprint density at radius 3 is 1.49 bits per heavy atom. The topological polar surface area (TPSA) is 40.0 Å². The van der Waals surface area contributed by atoms with Crippen molar-refractivity contribution in [1.82, 2.24) is 23.5 Å². The Morgan fingerprint density at radius 2 is 0.887 bits per heavy atom. The summed E-state index contributed by atoms with van der Waals surface area (Å²) in [6.07, 6.45) is 4.10. The van der Waals surface area contributed by atoms with Crippen LogP contribution >= 0.6 is 0 Å². The number of rotatable bonds is 5. The van der Waals surface area contributed by atoms with Gasteiger partial charge in [0, 0.05) is 62.0 Å². The highest BCUT2D eigenvalue weighted by atomic mass is 15.1. The molecule has 0 radical (unpaired) electrons. The van der Waals surface area contributed by atoms with E-state index in [0.29, 0.717) is 5.78 Å². The highest BCUT2D eigenvalue weighted by Gasteiger charge is 2.21. The maximum atomic E-state index is 5.02. The third-order valence-corrected chi connectivity index (χ3v) is 10.5. The van der Waals surface area contributed by atoms with Crippen molar-refractivity contribution in [3.8, 4) is 45.0 Å². The van der Waals surface area contributed by atoms with Gasteiger partial charge in [0.1, 0.15) is 0 Å². The molecule has 0 aliphatic heterocycles. The van der Waals surface area contributed by atoms with Crippen molar-refractivity contribution < 1.29 is 0 Å². The first-order valence-electron chi connectivity index (χ1n) is 17.9. The average molecular weight is 678 g/mol.